The van der Waals surface area contributed by atoms with Crippen LogP contribution in [0.25, 0.3) is 10.8 Å². The summed E-state index contributed by atoms with van der Waals surface area (Å²) in [6.07, 6.45) is 3.34. The van der Waals surface area contributed by atoms with Gasteiger partial charge in [0.2, 0.25) is 0 Å². The molecule has 3 aromatic carbocycles. The molecule has 0 spiro atoms. The maximum atomic E-state index is 13.2. The van der Waals surface area contributed by atoms with E-state index >= 15 is 0 Å². The van der Waals surface area contributed by atoms with Crippen molar-refractivity contribution in [3.8, 4) is 11.5 Å². The maximum absolute atomic E-state index is 13.2. The van der Waals surface area contributed by atoms with Gasteiger partial charge in [-0.2, -0.15) is 0 Å². The average molecular weight is 442 g/mol. The predicted octanol–water partition coefficient (Wildman–Crippen LogP) is 6.12. The van der Waals surface area contributed by atoms with Crippen molar-refractivity contribution < 1.29 is 19.1 Å². The lowest BCUT2D eigenvalue weighted by atomic mass is 9.74. The summed E-state index contributed by atoms with van der Waals surface area (Å²) in [6.45, 7) is 1.94. The SMILES string of the molecule is CCCC(=O)Oc1ccc(C2C3=C(CCCC3=O)Nc3ccc4ccccc4c32)cc1OC. The molecule has 1 unspecified atom stereocenters. The molecule has 0 fully saturated rings. The Morgan fingerprint density at radius 1 is 1.06 bits per heavy atom. The number of carbonyl (C=O) groups excluding carboxylic acids is 2. The number of benzene rings is 3. The predicted molar refractivity (Wildman–Crippen MR) is 129 cm³/mol. The third kappa shape index (κ3) is 3.78. The number of nitrogens with one attached hydrogen (secondary N) is 1. The summed E-state index contributed by atoms with van der Waals surface area (Å²) in [5, 5.41) is 5.81. The summed E-state index contributed by atoms with van der Waals surface area (Å²) in [4.78, 5) is 25.3. The van der Waals surface area contributed by atoms with Gasteiger partial charge < -0.3 is 14.8 Å². The van der Waals surface area contributed by atoms with Crippen LogP contribution in [0.3, 0.4) is 0 Å². The minimum absolute atomic E-state index is 0.185. The zero-order valence-corrected chi connectivity index (χ0v) is 18.9. The summed E-state index contributed by atoms with van der Waals surface area (Å²) in [5.74, 6) is 0.571. The van der Waals surface area contributed by atoms with Gasteiger partial charge in [-0.05, 0) is 59.4 Å². The van der Waals surface area contributed by atoms with Crippen LogP contribution < -0.4 is 14.8 Å². The number of ether oxygens (including phenoxy) is 2. The Morgan fingerprint density at radius 3 is 2.73 bits per heavy atom. The van der Waals surface area contributed by atoms with Crippen LogP contribution >= 0.6 is 0 Å². The third-order valence-electron chi connectivity index (χ3n) is 6.49. The Hall–Kier alpha value is -3.60. The first kappa shape index (κ1) is 21.3. The number of hydrogen-bond donors (Lipinski definition) is 1. The van der Waals surface area contributed by atoms with Gasteiger partial charge in [0, 0.05) is 35.7 Å². The van der Waals surface area contributed by atoms with Crippen LogP contribution in [-0.2, 0) is 9.59 Å². The van der Waals surface area contributed by atoms with Crippen LogP contribution in [0.15, 0.2) is 65.9 Å². The molecule has 1 aliphatic heterocycles. The van der Waals surface area contributed by atoms with Gasteiger partial charge in [-0.15, -0.1) is 0 Å². The van der Waals surface area contributed by atoms with E-state index in [4.69, 9.17) is 9.47 Å². The lowest BCUT2D eigenvalue weighted by Crippen LogP contribution is -2.27. The molecule has 33 heavy (non-hydrogen) atoms. The number of anilines is 1. The molecule has 1 atom stereocenters. The molecule has 0 amide bonds. The molecule has 1 heterocycles. The highest BCUT2D eigenvalue weighted by atomic mass is 16.6. The smallest absolute Gasteiger partial charge is 0.311 e. The largest absolute Gasteiger partial charge is 0.493 e. The highest BCUT2D eigenvalue weighted by Gasteiger charge is 2.36. The standard InChI is InChI=1S/C28H27NO4/c1-3-7-25(31)33-23-15-13-18(16-24(23)32-2)26-27-19-9-5-4-8-17(19)12-14-21(27)29-20-10-6-11-22(30)28(20)26/h4-5,8-9,12-16,26,29H,3,6-7,10-11H2,1-2H3. The Kier molecular flexibility index (Phi) is 5.63. The van der Waals surface area contributed by atoms with Crippen molar-refractivity contribution >= 4 is 28.2 Å². The monoisotopic (exact) mass is 441 g/mol. The Morgan fingerprint density at radius 2 is 1.91 bits per heavy atom. The van der Waals surface area contributed by atoms with Crippen molar-refractivity contribution in [1.29, 1.82) is 0 Å². The quantitative estimate of drug-likeness (QED) is 0.382. The van der Waals surface area contributed by atoms with Gasteiger partial charge >= 0.3 is 5.97 Å². The number of rotatable bonds is 5. The second kappa shape index (κ2) is 8.74. The molecule has 2 aliphatic rings. The summed E-state index contributed by atoms with van der Waals surface area (Å²) in [6, 6.07) is 18.1. The number of fused-ring (bicyclic) bond motifs is 3. The van der Waals surface area contributed by atoms with Crippen molar-refractivity contribution in [2.75, 3.05) is 12.4 Å². The van der Waals surface area contributed by atoms with Crippen molar-refractivity contribution in [2.45, 2.75) is 44.9 Å². The molecule has 5 heteroatoms. The third-order valence-corrected chi connectivity index (χ3v) is 6.49. The lowest BCUT2D eigenvalue weighted by molar-refractivity contribution is -0.134. The minimum Gasteiger partial charge on any atom is -0.493 e. The number of carbonyl (C=O) groups is 2. The van der Waals surface area contributed by atoms with Crippen LogP contribution in [0.2, 0.25) is 0 Å². The Balaban J connectivity index is 1.69. The van der Waals surface area contributed by atoms with Gasteiger partial charge in [-0.25, -0.2) is 0 Å². The molecule has 0 saturated carbocycles. The van der Waals surface area contributed by atoms with E-state index in [-0.39, 0.29) is 17.7 Å². The van der Waals surface area contributed by atoms with E-state index < -0.39 is 0 Å². The number of hydrogen-bond acceptors (Lipinski definition) is 5. The zero-order chi connectivity index (χ0) is 22.9. The molecule has 3 aromatic rings. The van der Waals surface area contributed by atoms with Gasteiger partial charge in [-0.3, -0.25) is 9.59 Å². The number of Topliss-reactive ketones (excluding diaryl/α,β-unsaturated/α-hetero) is 1. The van der Waals surface area contributed by atoms with Crippen LogP contribution in [0.4, 0.5) is 5.69 Å². The molecule has 5 rings (SSSR count). The van der Waals surface area contributed by atoms with Crippen LogP contribution in [0, 0.1) is 0 Å². The average Bonchev–Trinajstić information content (AvgIpc) is 2.83. The van der Waals surface area contributed by atoms with Gasteiger partial charge in [0.25, 0.3) is 0 Å². The minimum atomic E-state index is -0.283. The molecular formula is C28H27NO4. The first-order chi connectivity index (χ1) is 16.1. The number of esters is 1. The highest BCUT2D eigenvalue weighted by molar-refractivity contribution is 6.04. The first-order valence-electron chi connectivity index (χ1n) is 11.5. The normalized spacial score (nSPS) is 17.3. The van der Waals surface area contributed by atoms with E-state index in [1.807, 2.05) is 31.2 Å². The summed E-state index contributed by atoms with van der Waals surface area (Å²) in [7, 11) is 1.57. The molecule has 168 valence electrons. The fourth-order valence-electron chi connectivity index (χ4n) is 5.01. The second-order valence-corrected chi connectivity index (χ2v) is 8.61. The number of allylic oxidation sites excluding steroid dienone is 2. The fourth-order valence-corrected chi connectivity index (χ4v) is 5.01. The summed E-state index contributed by atoms with van der Waals surface area (Å²) >= 11 is 0. The van der Waals surface area contributed by atoms with Crippen LogP contribution in [-0.4, -0.2) is 18.9 Å². The lowest BCUT2D eigenvalue weighted by Gasteiger charge is -2.35. The maximum Gasteiger partial charge on any atom is 0.311 e. The molecule has 1 aliphatic carbocycles. The van der Waals surface area contributed by atoms with Crippen molar-refractivity contribution in [3.05, 3.63) is 77.0 Å². The summed E-state index contributed by atoms with van der Waals surface area (Å²) < 4.78 is 11.1. The molecule has 0 aromatic heterocycles. The Bertz CT molecular complexity index is 1290. The fraction of sp³-hybridized carbons (Fsp3) is 0.286. The molecule has 1 N–H and O–H groups in total. The van der Waals surface area contributed by atoms with E-state index in [1.54, 1.807) is 13.2 Å². The van der Waals surface area contributed by atoms with E-state index in [0.717, 1.165) is 58.1 Å². The van der Waals surface area contributed by atoms with Gasteiger partial charge in [0.1, 0.15) is 0 Å². The number of methoxy groups -OCH3 is 1. The van der Waals surface area contributed by atoms with E-state index in [2.05, 4.69) is 29.6 Å². The molecular weight excluding hydrogens is 414 g/mol. The van der Waals surface area contributed by atoms with E-state index in [9.17, 15) is 9.59 Å². The molecule has 0 saturated heterocycles. The van der Waals surface area contributed by atoms with Crippen LogP contribution in [0.5, 0.6) is 11.5 Å². The zero-order valence-electron chi connectivity index (χ0n) is 18.9. The second-order valence-electron chi connectivity index (χ2n) is 8.61. The van der Waals surface area contributed by atoms with Gasteiger partial charge in [0.15, 0.2) is 17.3 Å². The molecule has 0 radical (unpaired) electrons. The molecule has 5 nitrogen and oxygen atoms in total. The van der Waals surface area contributed by atoms with Crippen LogP contribution in [0.1, 0.15) is 56.1 Å². The molecule has 0 bridgehead atoms. The van der Waals surface area contributed by atoms with Crippen molar-refractivity contribution in [2.24, 2.45) is 0 Å². The van der Waals surface area contributed by atoms with E-state index in [0.29, 0.717) is 24.3 Å². The topological polar surface area (TPSA) is 64.6 Å². The van der Waals surface area contributed by atoms with Gasteiger partial charge in [0.05, 0.1) is 7.11 Å². The first-order valence-corrected chi connectivity index (χ1v) is 11.5. The van der Waals surface area contributed by atoms with Crippen molar-refractivity contribution in [1.82, 2.24) is 0 Å². The Labute approximate surface area is 193 Å². The van der Waals surface area contributed by atoms with E-state index in [1.165, 1.54) is 0 Å². The number of ketones is 1. The van der Waals surface area contributed by atoms with Gasteiger partial charge in [-0.1, -0.05) is 43.3 Å². The van der Waals surface area contributed by atoms with Crippen molar-refractivity contribution in [3.63, 3.8) is 0 Å². The summed E-state index contributed by atoms with van der Waals surface area (Å²) in [5.41, 5.74) is 4.92. The highest BCUT2D eigenvalue weighted by Crippen LogP contribution is 2.49.